The standard InChI is InChI=1S/C12H16N4/c1-3-10-6-4-5-7-12(10)13-8-11-9-16(2)15-14-11/h4-7,9,13H,3,8H2,1-2H3. The number of rotatable bonds is 4. The summed E-state index contributed by atoms with van der Waals surface area (Å²) in [7, 11) is 1.87. The van der Waals surface area contributed by atoms with E-state index in [0.717, 1.165) is 12.1 Å². The van der Waals surface area contributed by atoms with Gasteiger partial charge in [0.25, 0.3) is 0 Å². The second-order valence-corrected chi connectivity index (χ2v) is 3.75. The molecule has 0 spiro atoms. The van der Waals surface area contributed by atoms with E-state index in [1.165, 1.54) is 11.3 Å². The van der Waals surface area contributed by atoms with Gasteiger partial charge in [-0.3, -0.25) is 4.68 Å². The first-order valence-corrected chi connectivity index (χ1v) is 5.46. The number of nitrogens with zero attached hydrogens (tertiary/aromatic N) is 3. The molecule has 1 aromatic carbocycles. The highest BCUT2D eigenvalue weighted by molar-refractivity contribution is 5.51. The Morgan fingerprint density at radius 2 is 2.12 bits per heavy atom. The molecule has 0 amide bonds. The van der Waals surface area contributed by atoms with Gasteiger partial charge in [-0.1, -0.05) is 30.3 Å². The number of hydrogen-bond donors (Lipinski definition) is 1. The molecule has 1 aromatic heterocycles. The predicted octanol–water partition coefficient (Wildman–Crippen LogP) is 1.99. The van der Waals surface area contributed by atoms with Crippen molar-refractivity contribution in [2.24, 2.45) is 7.05 Å². The maximum atomic E-state index is 4.04. The molecule has 1 N–H and O–H groups in total. The Labute approximate surface area is 95.3 Å². The molecule has 0 aliphatic heterocycles. The van der Waals surface area contributed by atoms with E-state index in [2.05, 4.69) is 40.8 Å². The monoisotopic (exact) mass is 216 g/mol. The van der Waals surface area contributed by atoms with Crippen LogP contribution in [0.3, 0.4) is 0 Å². The SMILES string of the molecule is CCc1ccccc1NCc1cn(C)nn1. The quantitative estimate of drug-likeness (QED) is 0.850. The maximum Gasteiger partial charge on any atom is 0.102 e. The van der Waals surface area contributed by atoms with Crippen LogP contribution in [-0.4, -0.2) is 15.0 Å². The summed E-state index contributed by atoms with van der Waals surface area (Å²) in [6.45, 7) is 2.87. The second-order valence-electron chi connectivity index (χ2n) is 3.75. The fourth-order valence-electron chi connectivity index (χ4n) is 1.66. The van der Waals surface area contributed by atoms with E-state index in [1.54, 1.807) is 4.68 Å². The van der Waals surface area contributed by atoms with Crippen LogP contribution in [0.25, 0.3) is 0 Å². The van der Waals surface area contributed by atoms with E-state index >= 15 is 0 Å². The van der Waals surface area contributed by atoms with E-state index in [-0.39, 0.29) is 0 Å². The average Bonchev–Trinajstić information content (AvgIpc) is 2.73. The zero-order chi connectivity index (χ0) is 11.4. The van der Waals surface area contributed by atoms with Crippen molar-refractivity contribution in [2.75, 3.05) is 5.32 Å². The molecule has 0 saturated heterocycles. The van der Waals surface area contributed by atoms with Gasteiger partial charge in [-0.15, -0.1) is 5.10 Å². The molecule has 0 unspecified atom stereocenters. The number of nitrogens with one attached hydrogen (secondary N) is 1. The lowest BCUT2D eigenvalue weighted by atomic mass is 10.1. The number of aromatic nitrogens is 3. The number of benzene rings is 1. The van der Waals surface area contributed by atoms with Gasteiger partial charge in [-0.25, -0.2) is 0 Å². The van der Waals surface area contributed by atoms with E-state index < -0.39 is 0 Å². The molecule has 4 heteroatoms. The van der Waals surface area contributed by atoms with Gasteiger partial charge in [-0.05, 0) is 18.1 Å². The van der Waals surface area contributed by atoms with Gasteiger partial charge in [0.1, 0.15) is 5.69 Å². The zero-order valence-electron chi connectivity index (χ0n) is 9.64. The summed E-state index contributed by atoms with van der Waals surface area (Å²) in [5.74, 6) is 0. The van der Waals surface area contributed by atoms with Gasteiger partial charge in [-0.2, -0.15) is 0 Å². The smallest absolute Gasteiger partial charge is 0.102 e. The van der Waals surface area contributed by atoms with E-state index in [9.17, 15) is 0 Å². The molecule has 0 atom stereocenters. The van der Waals surface area contributed by atoms with Crippen molar-refractivity contribution in [3.63, 3.8) is 0 Å². The van der Waals surface area contributed by atoms with Crippen LogP contribution in [0.5, 0.6) is 0 Å². The van der Waals surface area contributed by atoms with Crippen molar-refractivity contribution >= 4 is 5.69 Å². The Hall–Kier alpha value is -1.84. The summed E-state index contributed by atoms with van der Waals surface area (Å²) in [6, 6.07) is 8.33. The van der Waals surface area contributed by atoms with Gasteiger partial charge < -0.3 is 5.32 Å². The molecule has 84 valence electrons. The van der Waals surface area contributed by atoms with Gasteiger partial charge in [0.05, 0.1) is 6.54 Å². The molecule has 0 fully saturated rings. The molecule has 1 heterocycles. The first kappa shape index (κ1) is 10.7. The summed E-state index contributed by atoms with van der Waals surface area (Å²) in [5, 5.41) is 11.3. The van der Waals surface area contributed by atoms with Crippen molar-refractivity contribution in [1.82, 2.24) is 15.0 Å². The maximum absolute atomic E-state index is 4.04. The Bertz CT molecular complexity index is 462. The number of para-hydroxylation sites is 1. The zero-order valence-corrected chi connectivity index (χ0v) is 9.64. The Balaban J connectivity index is 2.04. The minimum Gasteiger partial charge on any atom is -0.379 e. The van der Waals surface area contributed by atoms with Crippen molar-refractivity contribution < 1.29 is 0 Å². The summed E-state index contributed by atoms with van der Waals surface area (Å²) < 4.78 is 1.71. The molecule has 2 aromatic rings. The number of anilines is 1. The summed E-state index contributed by atoms with van der Waals surface area (Å²) in [5.41, 5.74) is 3.45. The van der Waals surface area contributed by atoms with E-state index in [0.29, 0.717) is 6.54 Å². The van der Waals surface area contributed by atoms with Crippen LogP contribution < -0.4 is 5.32 Å². The molecule has 0 aliphatic carbocycles. The Kier molecular flexibility index (Phi) is 3.19. The van der Waals surface area contributed by atoms with Crippen LogP contribution in [0, 0.1) is 0 Å². The lowest BCUT2D eigenvalue weighted by Crippen LogP contribution is -2.02. The average molecular weight is 216 g/mol. The third-order valence-corrected chi connectivity index (χ3v) is 2.51. The third kappa shape index (κ3) is 2.39. The fraction of sp³-hybridized carbons (Fsp3) is 0.333. The fourth-order valence-corrected chi connectivity index (χ4v) is 1.66. The molecule has 0 saturated carbocycles. The molecule has 0 aliphatic rings. The minimum atomic E-state index is 0.713. The van der Waals surface area contributed by atoms with Crippen LogP contribution in [0.4, 0.5) is 5.69 Å². The van der Waals surface area contributed by atoms with Crippen LogP contribution in [0.2, 0.25) is 0 Å². The molecule has 16 heavy (non-hydrogen) atoms. The van der Waals surface area contributed by atoms with Gasteiger partial charge in [0, 0.05) is 18.9 Å². The third-order valence-electron chi connectivity index (χ3n) is 2.51. The van der Waals surface area contributed by atoms with Crippen molar-refractivity contribution in [3.8, 4) is 0 Å². The lowest BCUT2D eigenvalue weighted by Gasteiger charge is -2.08. The topological polar surface area (TPSA) is 42.7 Å². The lowest BCUT2D eigenvalue weighted by molar-refractivity contribution is 0.713. The summed E-state index contributed by atoms with van der Waals surface area (Å²) >= 11 is 0. The highest BCUT2D eigenvalue weighted by Crippen LogP contribution is 2.15. The molecule has 4 nitrogen and oxygen atoms in total. The minimum absolute atomic E-state index is 0.713. The van der Waals surface area contributed by atoms with Crippen molar-refractivity contribution in [2.45, 2.75) is 19.9 Å². The Morgan fingerprint density at radius 3 is 2.81 bits per heavy atom. The van der Waals surface area contributed by atoms with Gasteiger partial charge in [0.15, 0.2) is 0 Å². The molecule has 0 bridgehead atoms. The highest BCUT2D eigenvalue weighted by Gasteiger charge is 2.01. The van der Waals surface area contributed by atoms with Crippen molar-refractivity contribution in [3.05, 3.63) is 41.7 Å². The first-order chi connectivity index (χ1) is 7.79. The number of hydrogen-bond acceptors (Lipinski definition) is 3. The molecule has 2 rings (SSSR count). The van der Waals surface area contributed by atoms with Gasteiger partial charge >= 0.3 is 0 Å². The van der Waals surface area contributed by atoms with Crippen molar-refractivity contribution in [1.29, 1.82) is 0 Å². The van der Waals surface area contributed by atoms with Crippen LogP contribution in [0.15, 0.2) is 30.5 Å². The van der Waals surface area contributed by atoms with Crippen LogP contribution in [-0.2, 0) is 20.0 Å². The predicted molar refractivity (Wildman–Crippen MR) is 64.1 cm³/mol. The second kappa shape index (κ2) is 4.79. The molecular weight excluding hydrogens is 200 g/mol. The summed E-state index contributed by atoms with van der Waals surface area (Å²) in [6.07, 6.45) is 2.95. The van der Waals surface area contributed by atoms with E-state index in [1.807, 2.05) is 19.3 Å². The van der Waals surface area contributed by atoms with E-state index in [4.69, 9.17) is 0 Å². The molecule has 0 radical (unpaired) electrons. The van der Waals surface area contributed by atoms with Crippen LogP contribution >= 0.6 is 0 Å². The first-order valence-electron chi connectivity index (χ1n) is 5.46. The Morgan fingerprint density at radius 1 is 1.31 bits per heavy atom. The largest absolute Gasteiger partial charge is 0.379 e. The van der Waals surface area contributed by atoms with Crippen LogP contribution in [0.1, 0.15) is 18.2 Å². The normalized spacial score (nSPS) is 10.4. The molecular formula is C12H16N4. The van der Waals surface area contributed by atoms with Gasteiger partial charge in [0.2, 0.25) is 0 Å². The summed E-state index contributed by atoms with van der Waals surface area (Å²) in [4.78, 5) is 0. The highest BCUT2D eigenvalue weighted by atomic mass is 15.4. The number of aryl methyl sites for hydroxylation is 2.